The van der Waals surface area contributed by atoms with Gasteiger partial charge >= 0.3 is 0 Å². The fourth-order valence-electron chi connectivity index (χ4n) is 4.32. The summed E-state index contributed by atoms with van der Waals surface area (Å²) < 4.78 is 0. The zero-order valence-corrected chi connectivity index (χ0v) is 12.6. The fourth-order valence-corrected chi connectivity index (χ4v) is 4.32. The SMILES string of the molecule is CCC(CC)NC1CCCCC1C1CCCCC1. The third-order valence-corrected chi connectivity index (χ3v) is 5.51. The van der Waals surface area contributed by atoms with Crippen molar-refractivity contribution in [3.05, 3.63) is 0 Å². The van der Waals surface area contributed by atoms with Crippen LogP contribution in [0.4, 0.5) is 0 Å². The van der Waals surface area contributed by atoms with Crippen LogP contribution in [0.2, 0.25) is 0 Å². The molecule has 1 heteroatoms. The molecule has 2 aliphatic rings. The maximum atomic E-state index is 4.00. The van der Waals surface area contributed by atoms with Crippen molar-refractivity contribution < 1.29 is 0 Å². The summed E-state index contributed by atoms with van der Waals surface area (Å²) in [6.07, 6.45) is 16.0. The Morgan fingerprint density at radius 2 is 1.44 bits per heavy atom. The van der Waals surface area contributed by atoms with Gasteiger partial charge in [0.1, 0.15) is 0 Å². The lowest BCUT2D eigenvalue weighted by Crippen LogP contribution is -2.46. The number of hydrogen-bond acceptors (Lipinski definition) is 1. The summed E-state index contributed by atoms with van der Waals surface area (Å²) in [6.45, 7) is 4.67. The van der Waals surface area contributed by atoms with E-state index in [1.54, 1.807) is 0 Å². The van der Waals surface area contributed by atoms with E-state index in [0.29, 0.717) is 0 Å². The number of nitrogens with one attached hydrogen (secondary N) is 1. The van der Waals surface area contributed by atoms with Crippen LogP contribution in [0.5, 0.6) is 0 Å². The Balaban J connectivity index is 1.91. The molecule has 0 spiro atoms. The largest absolute Gasteiger partial charge is 0.311 e. The van der Waals surface area contributed by atoms with Crippen molar-refractivity contribution in [2.45, 2.75) is 96.6 Å². The van der Waals surface area contributed by atoms with Gasteiger partial charge < -0.3 is 5.32 Å². The average Bonchev–Trinajstić information content (AvgIpc) is 2.46. The van der Waals surface area contributed by atoms with E-state index in [9.17, 15) is 0 Å². The van der Waals surface area contributed by atoms with Crippen LogP contribution in [-0.4, -0.2) is 12.1 Å². The monoisotopic (exact) mass is 251 g/mol. The smallest absolute Gasteiger partial charge is 0.0101 e. The first-order valence-electron chi connectivity index (χ1n) is 8.61. The molecule has 106 valence electrons. The highest BCUT2D eigenvalue weighted by atomic mass is 15.0. The highest BCUT2D eigenvalue weighted by Gasteiger charge is 2.32. The van der Waals surface area contributed by atoms with Gasteiger partial charge in [-0.05, 0) is 37.5 Å². The molecule has 2 atom stereocenters. The van der Waals surface area contributed by atoms with Crippen LogP contribution >= 0.6 is 0 Å². The highest BCUT2D eigenvalue weighted by Crippen LogP contribution is 2.38. The number of rotatable bonds is 5. The highest BCUT2D eigenvalue weighted by molar-refractivity contribution is 4.88. The molecule has 0 aromatic rings. The third kappa shape index (κ3) is 3.73. The summed E-state index contributed by atoms with van der Waals surface area (Å²) in [5.41, 5.74) is 0. The molecule has 0 aromatic carbocycles. The van der Waals surface area contributed by atoms with Crippen molar-refractivity contribution in [1.82, 2.24) is 5.32 Å². The van der Waals surface area contributed by atoms with Gasteiger partial charge in [-0.2, -0.15) is 0 Å². The van der Waals surface area contributed by atoms with Crippen LogP contribution in [0.25, 0.3) is 0 Å². The fraction of sp³-hybridized carbons (Fsp3) is 1.00. The first-order chi connectivity index (χ1) is 8.85. The summed E-state index contributed by atoms with van der Waals surface area (Å²) in [7, 11) is 0. The van der Waals surface area contributed by atoms with Gasteiger partial charge in [0.15, 0.2) is 0 Å². The van der Waals surface area contributed by atoms with Gasteiger partial charge in [0.2, 0.25) is 0 Å². The molecule has 2 unspecified atom stereocenters. The molecule has 1 nitrogen and oxygen atoms in total. The van der Waals surface area contributed by atoms with Gasteiger partial charge in [-0.1, -0.05) is 58.8 Å². The van der Waals surface area contributed by atoms with E-state index in [4.69, 9.17) is 0 Å². The Kier molecular flexibility index (Phi) is 6.01. The molecule has 0 aliphatic heterocycles. The van der Waals surface area contributed by atoms with Crippen LogP contribution in [0, 0.1) is 11.8 Å². The van der Waals surface area contributed by atoms with Gasteiger partial charge in [0.25, 0.3) is 0 Å². The quantitative estimate of drug-likeness (QED) is 0.732. The Bertz CT molecular complexity index is 216. The molecule has 0 heterocycles. The lowest BCUT2D eigenvalue weighted by molar-refractivity contribution is 0.140. The molecular weight excluding hydrogens is 218 g/mol. The summed E-state index contributed by atoms with van der Waals surface area (Å²) >= 11 is 0. The predicted octanol–water partition coefficient (Wildman–Crippen LogP) is 4.90. The van der Waals surface area contributed by atoms with Crippen LogP contribution in [0.1, 0.15) is 84.5 Å². The molecule has 0 radical (unpaired) electrons. The second-order valence-electron chi connectivity index (χ2n) is 6.63. The topological polar surface area (TPSA) is 12.0 Å². The standard InChI is InChI=1S/C17H33N/c1-3-15(4-2)18-17-13-9-8-12-16(17)14-10-6-5-7-11-14/h14-18H,3-13H2,1-2H3. The number of hydrogen-bond donors (Lipinski definition) is 1. The molecule has 0 aromatic heterocycles. The summed E-state index contributed by atoms with van der Waals surface area (Å²) in [5.74, 6) is 2.05. The molecule has 1 N–H and O–H groups in total. The first kappa shape index (κ1) is 14.4. The second kappa shape index (κ2) is 7.53. The van der Waals surface area contributed by atoms with Crippen LogP contribution in [0.3, 0.4) is 0 Å². The van der Waals surface area contributed by atoms with Crippen molar-refractivity contribution in [3.63, 3.8) is 0 Å². The minimum Gasteiger partial charge on any atom is -0.311 e. The molecule has 2 saturated carbocycles. The molecule has 2 aliphatic carbocycles. The maximum absolute atomic E-state index is 4.00. The minimum atomic E-state index is 0.763. The van der Waals surface area contributed by atoms with E-state index in [1.165, 1.54) is 70.6 Å². The van der Waals surface area contributed by atoms with Crippen molar-refractivity contribution in [2.24, 2.45) is 11.8 Å². The Morgan fingerprint density at radius 3 is 2.11 bits per heavy atom. The van der Waals surface area contributed by atoms with Crippen molar-refractivity contribution in [3.8, 4) is 0 Å². The minimum absolute atomic E-state index is 0.763. The van der Waals surface area contributed by atoms with E-state index in [1.807, 2.05) is 0 Å². The normalized spacial score (nSPS) is 30.8. The lowest BCUT2D eigenvalue weighted by Gasteiger charge is -2.41. The Labute approximate surface area is 114 Å². The van der Waals surface area contributed by atoms with Crippen molar-refractivity contribution >= 4 is 0 Å². The average molecular weight is 251 g/mol. The molecule has 0 amide bonds. The second-order valence-corrected chi connectivity index (χ2v) is 6.63. The van der Waals surface area contributed by atoms with Gasteiger partial charge in [0.05, 0.1) is 0 Å². The first-order valence-corrected chi connectivity index (χ1v) is 8.61. The van der Waals surface area contributed by atoms with Gasteiger partial charge in [0, 0.05) is 12.1 Å². The van der Waals surface area contributed by atoms with Crippen LogP contribution < -0.4 is 5.32 Å². The van der Waals surface area contributed by atoms with Crippen LogP contribution in [-0.2, 0) is 0 Å². The van der Waals surface area contributed by atoms with Crippen LogP contribution in [0.15, 0.2) is 0 Å². The molecule has 0 saturated heterocycles. The van der Waals surface area contributed by atoms with E-state index < -0.39 is 0 Å². The maximum Gasteiger partial charge on any atom is 0.0101 e. The predicted molar refractivity (Wildman–Crippen MR) is 79.8 cm³/mol. The third-order valence-electron chi connectivity index (χ3n) is 5.51. The molecular formula is C17H33N. The summed E-state index contributed by atoms with van der Waals surface area (Å²) in [6, 6.07) is 1.60. The Morgan fingerprint density at radius 1 is 0.833 bits per heavy atom. The molecule has 0 bridgehead atoms. The van der Waals surface area contributed by atoms with E-state index in [0.717, 1.165) is 23.9 Å². The van der Waals surface area contributed by atoms with E-state index in [2.05, 4.69) is 19.2 Å². The van der Waals surface area contributed by atoms with Crippen molar-refractivity contribution in [2.75, 3.05) is 0 Å². The zero-order chi connectivity index (χ0) is 12.8. The van der Waals surface area contributed by atoms with Gasteiger partial charge in [-0.3, -0.25) is 0 Å². The zero-order valence-electron chi connectivity index (χ0n) is 12.6. The lowest BCUT2D eigenvalue weighted by atomic mass is 9.70. The molecule has 18 heavy (non-hydrogen) atoms. The van der Waals surface area contributed by atoms with E-state index in [-0.39, 0.29) is 0 Å². The van der Waals surface area contributed by atoms with Gasteiger partial charge in [-0.25, -0.2) is 0 Å². The Hall–Kier alpha value is -0.0400. The summed E-state index contributed by atoms with van der Waals surface area (Å²) in [5, 5.41) is 4.00. The van der Waals surface area contributed by atoms with Crippen molar-refractivity contribution in [1.29, 1.82) is 0 Å². The van der Waals surface area contributed by atoms with Gasteiger partial charge in [-0.15, -0.1) is 0 Å². The van der Waals surface area contributed by atoms with E-state index >= 15 is 0 Å². The molecule has 2 rings (SSSR count). The molecule has 2 fully saturated rings. The summed E-state index contributed by atoms with van der Waals surface area (Å²) in [4.78, 5) is 0.